The summed E-state index contributed by atoms with van der Waals surface area (Å²) in [6.45, 7) is 8.93. The summed E-state index contributed by atoms with van der Waals surface area (Å²) in [6.07, 6.45) is 14.9. The minimum atomic E-state index is -0.360. The Morgan fingerprint density at radius 1 is 0.869 bits per heavy atom. The first kappa shape index (κ1) is 40.7. The first-order chi connectivity index (χ1) is 29.7. The number of anilines is 2. The minimum Gasteiger partial charge on any atom is -0.383 e. The molecule has 3 aliphatic heterocycles. The molecule has 320 valence electrons. The van der Waals surface area contributed by atoms with E-state index in [2.05, 4.69) is 74.8 Å². The summed E-state index contributed by atoms with van der Waals surface area (Å²) in [5, 5.41) is 15.8. The summed E-state index contributed by atoms with van der Waals surface area (Å²) < 4.78 is 7.83. The Labute approximate surface area is 356 Å². The average Bonchev–Trinajstić information content (AvgIpc) is 3.87. The number of amides is 3. The Morgan fingerprint density at radius 2 is 1.62 bits per heavy atom. The van der Waals surface area contributed by atoms with Gasteiger partial charge >= 0.3 is 0 Å². The van der Waals surface area contributed by atoms with Crippen molar-refractivity contribution in [2.24, 2.45) is 0 Å². The first-order valence-corrected chi connectivity index (χ1v) is 22.4. The van der Waals surface area contributed by atoms with Crippen LogP contribution in [0.1, 0.15) is 132 Å². The zero-order chi connectivity index (χ0) is 42.0. The zero-order valence-corrected chi connectivity index (χ0v) is 35.3. The summed E-state index contributed by atoms with van der Waals surface area (Å²) in [7, 11) is 0. The molecule has 4 fully saturated rings. The molecule has 0 bridgehead atoms. The Morgan fingerprint density at radius 3 is 2.34 bits per heavy atom. The van der Waals surface area contributed by atoms with Gasteiger partial charge in [-0.05, 0) is 114 Å². The van der Waals surface area contributed by atoms with Gasteiger partial charge in [0.25, 0.3) is 0 Å². The third-order valence-electron chi connectivity index (χ3n) is 13.1. The summed E-state index contributed by atoms with van der Waals surface area (Å²) in [6, 6.07) is 12.3. The number of hydrogen-bond acceptors (Lipinski definition) is 12. The number of carbonyl (C=O) groups is 3. The monoisotopic (exact) mass is 827 g/mol. The molecule has 15 nitrogen and oxygen atoms in total. The number of carbonyl (C=O) groups excluding carboxylic acids is 3. The molecule has 9 rings (SSSR count). The maximum atomic E-state index is 13.0. The quantitative estimate of drug-likeness (QED) is 0.0687. The molecule has 7 heterocycles. The number of hydrogen-bond donors (Lipinski definition) is 3. The molecule has 4 aliphatic rings. The zero-order valence-electron chi connectivity index (χ0n) is 35.3. The minimum absolute atomic E-state index is 0.0608. The molecule has 61 heavy (non-hydrogen) atoms. The highest BCUT2D eigenvalue weighted by Crippen LogP contribution is 2.48. The summed E-state index contributed by atoms with van der Waals surface area (Å²) in [4.78, 5) is 54.8. The largest absolute Gasteiger partial charge is 0.383 e. The van der Waals surface area contributed by atoms with Crippen LogP contribution >= 0.6 is 0 Å². The average molecular weight is 828 g/mol. The van der Waals surface area contributed by atoms with Crippen molar-refractivity contribution >= 4 is 40.3 Å². The molecule has 3 amide bonds. The summed E-state index contributed by atoms with van der Waals surface area (Å²) in [5.74, 6) is 2.14. The summed E-state index contributed by atoms with van der Waals surface area (Å²) >= 11 is 0. The van der Waals surface area contributed by atoms with E-state index in [0.717, 1.165) is 106 Å². The number of unbranched alkanes of at least 4 members (excludes halogenated alkanes) is 4. The van der Waals surface area contributed by atoms with Gasteiger partial charge in [-0.15, -0.1) is 0 Å². The Bertz CT molecular complexity index is 2350. The number of nitrogens with two attached hydrogens (primary N) is 1. The molecule has 4 N–H and O–H groups in total. The van der Waals surface area contributed by atoms with Gasteiger partial charge in [0.2, 0.25) is 17.7 Å². The van der Waals surface area contributed by atoms with Crippen LogP contribution in [0.25, 0.3) is 33.7 Å². The second-order valence-electron chi connectivity index (χ2n) is 17.8. The first-order valence-electron chi connectivity index (χ1n) is 22.4. The fourth-order valence-electron chi connectivity index (χ4n) is 9.22. The lowest BCUT2D eigenvalue weighted by molar-refractivity contribution is -0.136. The lowest BCUT2D eigenvalue weighted by Crippen LogP contribution is -2.48. The fourth-order valence-corrected chi connectivity index (χ4v) is 9.22. The van der Waals surface area contributed by atoms with Crippen LogP contribution in [-0.4, -0.2) is 96.2 Å². The van der Waals surface area contributed by atoms with Gasteiger partial charge in [-0.2, -0.15) is 5.10 Å². The summed E-state index contributed by atoms with van der Waals surface area (Å²) in [5.41, 5.74) is 13.3. The number of rotatable bonds is 16. The molecule has 15 heteroatoms. The predicted octanol–water partition coefficient (Wildman–Crippen LogP) is 6.95. The van der Waals surface area contributed by atoms with Gasteiger partial charge in [-0.3, -0.25) is 24.7 Å². The molecule has 3 saturated heterocycles. The van der Waals surface area contributed by atoms with Crippen molar-refractivity contribution in [2.75, 3.05) is 43.8 Å². The molecular weight excluding hydrogens is 771 g/mol. The highest BCUT2D eigenvalue weighted by molar-refractivity contribution is 6.02. The highest BCUT2D eigenvalue weighted by atomic mass is 16.5. The molecule has 1 atom stereocenters. The van der Waals surface area contributed by atoms with Crippen LogP contribution in [-0.2, 0) is 14.4 Å². The van der Waals surface area contributed by atoms with E-state index in [1.807, 2.05) is 21.8 Å². The molecule has 4 aromatic heterocycles. The second-order valence-corrected chi connectivity index (χ2v) is 17.8. The molecule has 5 aromatic rings. The number of benzene rings is 1. The standard InChI is InChI=1S/C46H57N11O4/c1-28(2)57-45-40(44(47)49-27-50-45)41(53-57)42-39(43(61-54-42)31-9-10-31)35-16-13-32(24-48-35)33-25-56(26-33)38(59)8-6-4-3-5-7-21-55-22-19-30(20-23-55)29-11-14-34(15-12-29)51-36-17-18-37(58)52-46(36)60/h11-16,24,27-28,30-31,33,36,51H,3-10,17-23,25-26H2,1-2H3,(H2,47,49,50)(H,52,58,60). The van der Waals surface area contributed by atoms with Crippen LogP contribution in [0.4, 0.5) is 11.5 Å². The number of nitrogens with one attached hydrogen (secondary N) is 2. The van der Waals surface area contributed by atoms with Crippen LogP contribution in [0.5, 0.6) is 0 Å². The van der Waals surface area contributed by atoms with Gasteiger partial charge in [-0.1, -0.05) is 42.6 Å². The van der Waals surface area contributed by atoms with Crippen molar-refractivity contribution in [3.63, 3.8) is 0 Å². The molecule has 1 saturated carbocycles. The van der Waals surface area contributed by atoms with Crippen molar-refractivity contribution < 1.29 is 18.9 Å². The number of fused-ring (bicyclic) bond motifs is 1. The van der Waals surface area contributed by atoms with Gasteiger partial charge in [-0.25, -0.2) is 14.6 Å². The van der Waals surface area contributed by atoms with E-state index in [4.69, 9.17) is 20.3 Å². The smallest absolute Gasteiger partial charge is 0.249 e. The normalized spacial score (nSPS) is 19.1. The third kappa shape index (κ3) is 8.88. The van der Waals surface area contributed by atoms with E-state index in [0.29, 0.717) is 59.3 Å². The Kier molecular flexibility index (Phi) is 11.8. The number of nitrogens with zero attached hydrogens (tertiary/aromatic N) is 8. The van der Waals surface area contributed by atoms with Crippen molar-refractivity contribution in [1.29, 1.82) is 0 Å². The van der Waals surface area contributed by atoms with Gasteiger partial charge in [0, 0.05) is 55.7 Å². The Balaban J connectivity index is 0.681. The van der Waals surface area contributed by atoms with Crippen LogP contribution in [0.3, 0.4) is 0 Å². The van der Waals surface area contributed by atoms with E-state index >= 15 is 0 Å². The van der Waals surface area contributed by atoms with E-state index in [1.165, 1.54) is 24.7 Å². The molecule has 1 aliphatic carbocycles. The van der Waals surface area contributed by atoms with Crippen LogP contribution < -0.4 is 16.4 Å². The molecule has 1 unspecified atom stereocenters. The van der Waals surface area contributed by atoms with Crippen LogP contribution in [0, 0.1) is 0 Å². The maximum Gasteiger partial charge on any atom is 0.249 e. The third-order valence-corrected chi connectivity index (χ3v) is 13.1. The number of likely N-dealkylation sites (tertiary alicyclic amines) is 2. The van der Waals surface area contributed by atoms with E-state index in [-0.39, 0.29) is 35.7 Å². The van der Waals surface area contributed by atoms with Crippen LogP contribution in [0.15, 0.2) is 53.4 Å². The lowest BCUT2D eigenvalue weighted by Gasteiger charge is -2.39. The van der Waals surface area contributed by atoms with Crippen molar-refractivity contribution in [2.45, 2.75) is 121 Å². The Hall–Kier alpha value is -5.70. The molecular formula is C46H57N11O4. The molecule has 1 aromatic carbocycles. The number of imide groups is 1. The SMILES string of the molecule is CC(C)n1nc(-c2noc(C3CC3)c2-c2ccc(C3CN(C(=O)CCCCCCCN4CCC(c5ccc(NC6CCC(=O)NC6=O)cc5)CC4)C3)cn2)c2c(N)ncnc21. The topological polar surface area (TPSA) is 190 Å². The number of piperidine rings is 2. The number of pyridine rings is 1. The van der Waals surface area contributed by atoms with E-state index < -0.39 is 0 Å². The van der Waals surface area contributed by atoms with E-state index in [9.17, 15) is 14.4 Å². The second kappa shape index (κ2) is 17.7. The van der Waals surface area contributed by atoms with Gasteiger partial charge in [0.15, 0.2) is 5.65 Å². The maximum absolute atomic E-state index is 13.0. The van der Waals surface area contributed by atoms with E-state index in [1.54, 1.807) is 0 Å². The van der Waals surface area contributed by atoms with Crippen molar-refractivity contribution in [3.05, 3.63) is 65.8 Å². The van der Waals surface area contributed by atoms with Gasteiger partial charge < -0.3 is 25.4 Å². The lowest BCUT2D eigenvalue weighted by atomic mass is 9.89. The van der Waals surface area contributed by atoms with Crippen molar-refractivity contribution in [1.82, 2.24) is 45.0 Å². The number of aromatic nitrogens is 6. The van der Waals surface area contributed by atoms with Crippen LogP contribution in [0.2, 0.25) is 0 Å². The molecule has 0 radical (unpaired) electrons. The van der Waals surface area contributed by atoms with Crippen molar-refractivity contribution in [3.8, 4) is 22.6 Å². The predicted molar refractivity (Wildman–Crippen MR) is 232 cm³/mol. The highest BCUT2D eigenvalue weighted by Gasteiger charge is 2.36. The molecule has 0 spiro atoms. The van der Waals surface area contributed by atoms with Gasteiger partial charge in [0.05, 0.1) is 16.6 Å². The fraction of sp³-hybridized carbons (Fsp3) is 0.522. The number of nitrogen functional groups attached to an aromatic ring is 1. The van der Waals surface area contributed by atoms with Gasteiger partial charge in [0.1, 0.15) is 35.3 Å².